The second-order valence-electron chi connectivity index (χ2n) is 6.83. The van der Waals surface area contributed by atoms with E-state index in [2.05, 4.69) is 0 Å². The van der Waals surface area contributed by atoms with Gasteiger partial charge in [0.05, 0.1) is 22.3 Å². The molecule has 0 atom stereocenters. The fourth-order valence-corrected chi connectivity index (χ4v) is 2.72. The van der Waals surface area contributed by atoms with Gasteiger partial charge in [-0.05, 0) is 47.5 Å². The van der Waals surface area contributed by atoms with E-state index < -0.39 is 52.0 Å². The number of hydrogen-bond donors (Lipinski definition) is 2. The van der Waals surface area contributed by atoms with Crippen LogP contribution in [-0.4, -0.2) is 22.2 Å². The summed E-state index contributed by atoms with van der Waals surface area (Å²) in [6, 6.07) is 3.92. The topological polar surface area (TPSA) is 74.6 Å². The number of aromatic carboxylic acids is 2. The van der Waals surface area contributed by atoms with Crippen molar-refractivity contribution < 1.29 is 46.1 Å². The molecule has 0 fully saturated rings. The van der Waals surface area contributed by atoms with Crippen molar-refractivity contribution in [2.75, 3.05) is 0 Å². The van der Waals surface area contributed by atoms with E-state index in [0.29, 0.717) is 24.3 Å². The van der Waals surface area contributed by atoms with E-state index in [0.717, 1.165) is 12.1 Å². The second-order valence-corrected chi connectivity index (χ2v) is 6.83. The average Bonchev–Trinajstić information content (AvgIpc) is 2.59. The van der Waals surface area contributed by atoms with Crippen LogP contribution in [0, 0.1) is 0 Å². The first-order valence-corrected chi connectivity index (χ1v) is 7.95. The monoisotopic (exact) mass is 420 g/mol. The maximum atomic E-state index is 13.2. The third-order valence-electron chi connectivity index (χ3n) is 4.46. The predicted molar refractivity (Wildman–Crippen MR) is 88.9 cm³/mol. The van der Waals surface area contributed by atoms with Gasteiger partial charge in [0.2, 0.25) is 0 Å². The minimum Gasteiger partial charge on any atom is -0.478 e. The Morgan fingerprint density at radius 2 is 0.897 bits per heavy atom. The largest absolute Gasteiger partial charge is 0.478 e. The molecule has 2 rings (SSSR count). The summed E-state index contributed by atoms with van der Waals surface area (Å²) >= 11 is 0. The summed E-state index contributed by atoms with van der Waals surface area (Å²) in [6.07, 6.45) is -9.79. The Bertz CT molecular complexity index is 896. The summed E-state index contributed by atoms with van der Waals surface area (Å²) < 4.78 is 79.0. The number of alkyl halides is 6. The summed E-state index contributed by atoms with van der Waals surface area (Å²) in [7, 11) is 0. The van der Waals surface area contributed by atoms with Crippen molar-refractivity contribution in [3.63, 3.8) is 0 Å². The number of benzene rings is 2. The van der Waals surface area contributed by atoms with Crippen molar-refractivity contribution in [3.8, 4) is 0 Å². The first kappa shape index (κ1) is 22.3. The van der Waals surface area contributed by atoms with E-state index >= 15 is 0 Å². The van der Waals surface area contributed by atoms with Crippen LogP contribution in [0.15, 0.2) is 36.4 Å². The lowest BCUT2D eigenvalue weighted by Crippen LogP contribution is -2.23. The highest BCUT2D eigenvalue weighted by atomic mass is 19.4. The van der Waals surface area contributed by atoms with Crippen LogP contribution >= 0.6 is 0 Å². The fourth-order valence-electron chi connectivity index (χ4n) is 2.72. The molecule has 0 saturated carbocycles. The molecule has 2 aromatic rings. The van der Waals surface area contributed by atoms with Crippen molar-refractivity contribution in [2.45, 2.75) is 31.6 Å². The molecule has 0 amide bonds. The Morgan fingerprint density at radius 1 is 0.621 bits per heavy atom. The van der Waals surface area contributed by atoms with Gasteiger partial charge in [0, 0.05) is 5.41 Å². The van der Waals surface area contributed by atoms with Gasteiger partial charge in [0.15, 0.2) is 0 Å². The number of carboxylic acid groups (broad SMARTS) is 2. The molecule has 2 aromatic carbocycles. The third-order valence-corrected chi connectivity index (χ3v) is 4.46. The van der Waals surface area contributed by atoms with Gasteiger partial charge < -0.3 is 10.2 Å². The molecule has 29 heavy (non-hydrogen) atoms. The van der Waals surface area contributed by atoms with Crippen LogP contribution in [0.1, 0.15) is 56.8 Å². The van der Waals surface area contributed by atoms with Gasteiger partial charge in [0.1, 0.15) is 0 Å². The zero-order valence-electron chi connectivity index (χ0n) is 14.9. The Labute approximate surface area is 160 Å². The van der Waals surface area contributed by atoms with Crippen LogP contribution in [0.4, 0.5) is 26.3 Å². The van der Waals surface area contributed by atoms with Crippen LogP contribution < -0.4 is 0 Å². The predicted octanol–water partition coefficient (Wildman–Crippen LogP) is 5.45. The lowest BCUT2D eigenvalue weighted by molar-refractivity contribution is -0.138. The number of halogens is 6. The molecule has 0 aliphatic heterocycles. The van der Waals surface area contributed by atoms with Crippen molar-refractivity contribution in [3.05, 3.63) is 69.8 Å². The van der Waals surface area contributed by atoms with E-state index in [9.17, 15) is 35.9 Å². The fraction of sp³-hybridized carbons (Fsp3) is 0.263. The van der Waals surface area contributed by atoms with Gasteiger partial charge >= 0.3 is 24.3 Å². The molecule has 4 nitrogen and oxygen atoms in total. The summed E-state index contributed by atoms with van der Waals surface area (Å²) in [4.78, 5) is 22.5. The summed E-state index contributed by atoms with van der Waals surface area (Å²) in [5.74, 6) is -3.30. The number of hydrogen-bond acceptors (Lipinski definition) is 2. The van der Waals surface area contributed by atoms with E-state index in [4.69, 9.17) is 10.2 Å². The van der Waals surface area contributed by atoms with Crippen molar-refractivity contribution in [2.24, 2.45) is 0 Å². The zero-order valence-corrected chi connectivity index (χ0v) is 14.9. The quantitative estimate of drug-likeness (QED) is 0.646. The van der Waals surface area contributed by atoms with Crippen LogP contribution in [-0.2, 0) is 17.8 Å². The van der Waals surface area contributed by atoms with E-state index in [-0.39, 0.29) is 11.1 Å². The minimum absolute atomic E-state index is 0.236. The van der Waals surface area contributed by atoms with Crippen LogP contribution in [0.2, 0.25) is 0 Å². The summed E-state index contributed by atoms with van der Waals surface area (Å²) in [5, 5.41) is 18.2. The van der Waals surface area contributed by atoms with Gasteiger partial charge in [-0.15, -0.1) is 0 Å². The Morgan fingerprint density at radius 3 is 1.14 bits per heavy atom. The second kappa shape index (κ2) is 7.09. The molecular weight excluding hydrogens is 406 g/mol. The van der Waals surface area contributed by atoms with Crippen molar-refractivity contribution in [1.82, 2.24) is 0 Å². The summed E-state index contributed by atoms with van der Waals surface area (Å²) in [6.45, 7) is 2.55. The van der Waals surface area contributed by atoms with Gasteiger partial charge in [-0.25, -0.2) is 9.59 Å². The molecule has 0 aliphatic rings. The lowest BCUT2D eigenvalue weighted by Gasteiger charge is -2.28. The molecule has 156 valence electrons. The molecular formula is C19H14F6O4. The SMILES string of the molecule is CC(C)(c1cc(C(=O)O)cc(C(F)(F)F)c1)c1cc(C(=O)O)cc(C(F)(F)F)c1. The van der Waals surface area contributed by atoms with Crippen LogP contribution in [0.5, 0.6) is 0 Å². The maximum Gasteiger partial charge on any atom is 0.416 e. The molecule has 0 aliphatic carbocycles. The van der Waals surface area contributed by atoms with E-state index in [1.807, 2.05) is 0 Å². The molecule has 0 spiro atoms. The Balaban J connectivity index is 2.78. The molecule has 0 heterocycles. The van der Waals surface area contributed by atoms with Crippen LogP contribution in [0.3, 0.4) is 0 Å². The zero-order chi connectivity index (χ0) is 22.4. The Hall–Kier alpha value is -3.04. The molecule has 10 heteroatoms. The average molecular weight is 420 g/mol. The Kier molecular flexibility index (Phi) is 5.44. The molecule has 0 radical (unpaired) electrons. The smallest absolute Gasteiger partial charge is 0.416 e. The minimum atomic E-state index is -4.89. The highest BCUT2D eigenvalue weighted by Crippen LogP contribution is 2.39. The van der Waals surface area contributed by atoms with Gasteiger partial charge in [-0.3, -0.25) is 0 Å². The van der Waals surface area contributed by atoms with Gasteiger partial charge in [-0.2, -0.15) is 26.3 Å². The standard InChI is InChI=1S/C19H14F6O4/c1-17(2,11-3-9(15(26)27)5-13(7-11)18(20,21)22)12-4-10(16(28)29)6-14(8-12)19(23,24)25/h3-8H,1-2H3,(H,26,27)(H,28,29). The maximum absolute atomic E-state index is 13.2. The number of rotatable bonds is 4. The van der Waals surface area contributed by atoms with Gasteiger partial charge in [0.25, 0.3) is 0 Å². The third kappa shape index (κ3) is 4.69. The van der Waals surface area contributed by atoms with E-state index in [1.54, 1.807) is 0 Å². The van der Waals surface area contributed by atoms with Crippen molar-refractivity contribution in [1.29, 1.82) is 0 Å². The number of carboxylic acids is 2. The molecule has 2 N–H and O–H groups in total. The van der Waals surface area contributed by atoms with Crippen molar-refractivity contribution >= 4 is 11.9 Å². The normalized spacial score (nSPS) is 12.7. The summed E-state index contributed by atoms with van der Waals surface area (Å²) in [5.41, 5.74) is -6.02. The molecule has 0 unspecified atom stereocenters. The molecule has 0 saturated heterocycles. The highest BCUT2D eigenvalue weighted by molar-refractivity contribution is 5.89. The highest BCUT2D eigenvalue weighted by Gasteiger charge is 2.37. The number of carbonyl (C=O) groups is 2. The molecule has 0 aromatic heterocycles. The van der Waals surface area contributed by atoms with Gasteiger partial charge in [-0.1, -0.05) is 13.8 Å². The first-order valence-electron chi connectivity index (χ1n) is 7.95. The first-order chi connectivity index (χ1) is 13.0. The van der Waals surface area contributed by atoms with Crippen LogP contribution in [0.25, 0.3) is 0 Å². The lowest BCUT2D eigenvalue weighted by atomic mass is 9.76. The molecule has 0 bridgehead atoms. The van der Waals surface area contributed by atoms with E-state index in [1.165, 1.54) is 13.8 Å².